The van der Waals surface area contributed by atoms with Gasteiger partial charge in [0.15, 0.2) is 16.8 Å². The first-order valence-electron chi connectivity index (χ1n) is 38.9. The number of piperidine rings is 1. The summed E-state index contributed by atoms with van der Waals surface area (Å²) in [6, 6.07) is 28.6. The molecule has 12 heterocycles. The maximum atomic E-state index is 11.8. The number of aromatic amines is 1. The average Bonchev–Trinajstić information content (AvgIpc) is 1.61. The van der Waals surface area contributed by atoms with Crippen LogP contribution in [0.3, 0.4) is 0 Å². The van der Waals surface area contributed by atoms with Crippen molar-refractivity contribution >= 4 is 60.8 Å². The first kappa shape index (κ1) is 91.8. The van der Waals surface area contributed by atoms with Crippen molar-refractivity contribution in [3.8, 4) is 0 Å². The van der Waals surface area contributed by atoms with Crippen LogP contribution in [0, 0.1) is 33.6 Å². The Labute approximate surface area is 667 Å². The van der Waals surface area contributed by atoms with Gasteiger partial charge in [0, 0.05) is 73.4 Å². The number of carbonyl (C=O) groups is 3. The number of ether oxygens (including phenoxy) is 3. The molecule has 17 rings (SSSR count). The lowest BCUT2D eigenvalue weighted by atomic mass is 9.73. The van der Waals surface area contributed by atoms with E-state index in [1.165, 1.54) is 117 Å². The van der Waals surface area contributed by atoms with E-state index in [0.29, 0.717) is 22.6 Å². The molecule has 2 atom stereocenters. The SMILES string of the molecule is C1=C(c2ccccn2)CCCC1.CC1(C)OB(C2=CCCCC2)OC1(C)C.CC1CCCCC12OC(=O)c1cccnc12.Cc1ccc[nH]c1=O.Cc1cccnc1C.Cc1cccnc1C1=CCCCC1.O=C1OC2(CCCCC2)c2ncccc21.O=C1OC2(CCNCC2)c2ncccc21.O=C=O.O=C=O.O=C=O.O=C=O. The molecule has 3 spiro atoms. The smallest absolute Gasteiger partial charge is 0.449 e. The monoisotopic (exact) mass is 1560 g/mol. The molecule has 2 saturated carbocycles. The summed E-state index contributed by atoms with van der Waals surface area (Å²) in [5.41, 5.74) is 13.9. The highest BCUT2D eigenvalue weighted by molar-refractivity contribution is 6.54. The molecule has 0 bridgehead atoms. The third kappa shape index (κ3) is 26.0. The van der Waals surface area contributed by atoms with E-state index in [1.54, 1.807) is 68.1 Å². The topological polar surface area (TPSA) is 356 Å². The molecular weight excluding hydrogens is 1450 g/mol. The summed E-state index contributed by atoms with van der Waals surface area (Å²) in [7, 11) is -0.102. The summed E-state index contributed by atoms with van der Waals surface area (Å²) in [4.78, 5) is 139. The Bertz CT molecular complexity index is 4400. The quantitative estimate of drug-likeness (QED) is 0.0942. The Morgan fingerprint density at radius 3 is 1.34 bits per heavy atom. The van der Waals surface area contributed by atoms with Crippen molar-refractivity contribution in [1.82, 2.24) is 40.2 Å². The van der Waals surface area contributed by atoms with Gasteiger partial charge in [-0.2, -0.15) is 38.4 Å². The van der Waals surface area contributed by atoms with Crippen LogP contribution in [0.5, 0.6) is 0 Å². The molecule has 10 aliphatic rings. The average molecular weight is 1560 g/mol. The zero-order chi connectivity index (χ0) is 83.0. The second-order valence-corrected chi connectivity index (χ2v) is 29.6. The summed E-state index contributed by atoms with van der Waals surface area (Å²) < 4.78 is 28.8. The van der Waals surface area contributed by atoms with E-state index in [0.717, 1.165) is 111 Å². The van der Waals surface area contributed by atoms with Gasteiger partial charge >= 0.3 is 49.6 Å². The Morgan fingerprint density at radius 1 is 0.430 bits per heavy atom. The van der Waals surface area contributed by atoms with E-state index in [2.05, 4.69) is 131 Å². The van der Waals surface area contributed by atoms with Gasteiger partial charge in [-0.05, 0) is 285 Å². The van der Waals surface area contributed by atoms with Crippen molar-refractivity contribution in [3.05, 3.63) is 236 Å². The second kappa shape index (κ2) is 46.8. The van der Waals surface area contributed by atoms with Crippen molar-refractivity contribution in [1.29, 1.82) is 0 Å². The summed E-state index contributed by atoms with van der Waals surface area (Å²) in [6.07, 6.45) is 46.9. The number of nitrogens with zero attached hydrogens (tertiary/aromatic N) is 6. The maximum absolute atomic E-state index is 11.8. The predicted octanol–water partition coefficient (Wildman–Crippen LogP) is 15.5. The normalized spacial score (nSPS) is 19.6. The molecule has 4 fully saturated rings. The van der Waals surface area contributed by atoms with E-state index >= 15 is 0 Å². The molecule has 602 valence electrons. The number of aryl methyl sites for hydroxylation is 4. The van der Waals surface area contributed by atoms with Gasteiger partial charge in [0.1, 0.15) is 0 Å². The van der Waals surface area contributed by atoms with Gasteiger partial charge in [0.25, 0.3) is 5.56 Å². The fourth-order valence-electron chi connectivity index (χ4n) is 14.7. The molecule has 26 heteroatoms. The van der Waals surface area contributed by atoms with E-state index in [1.807, 2.05) is 55.8 Å². The summed E-state index contributed by atoms with van der Waals surface area (Å²) in [5, 5.41) is 3.26. The Kier molecular flexibility index (Phi) is 37.7. The molecule has 114 heavy (non-hydrogen) atoms. The van der Waals surface area contributed by atoms with Gasteiger partial charge in [-0.15, -0.1) is 0 Å². The molecule has 5 aliphatic carbocycles. The first-order chi connectivity index (χ1) is 54.9. The molecule has 0 aromatic carbocycles. The van der Waals surface area contributed by atoms with Gasteiger partial charge in [-0.1, -0.05) is 62.3 Å². The standard InChI is InChI=1S/C13H15NO2.C12H21BO2.C12H13NO2.C12H15N.C11H12N2O2.C11H13N.C7H9N.C6H7NO.4CO2/c1-9-5-2-3-7-13(9)11-10(12(15)16-13)6-4-8-14-11;1-11(2)12(3,4)15-13(14-11)10-8-6-5-7-9-10;14-11-9-5-4-8-13-10(9)12(15-11)6-2-1-3-7-12;1-10-6-5-9-13-12(10)11-7-3-2-4-8-11;14-10-8-2-1-5-13-9(8)11(15-10)3-6-12-7-4-11;1-2-6-10(7-3-1)11-8-4-5-9-12-11;1-6-4-3-5-8-7(6)2;1-5-3-2-4-7-6(5)8;4*2-1-3/h4,6,8-9H,2-3,5,7H2,1H3;8H,5-7,9H2,1-4H3;4-5,8H,1-3,6-7H2;5-7,9H,2-4,8H2,1H3;1-2,5,12H,3-4,6-7H2;4-6,8-9H,1-3,7H2;3-5H,1-2H3;2-4H,1H3,(H,7,8);;;;. The summed E-state index contributed by atoms with van der Waals surface area (Å²) in [6.45, 7) is 20.3. The highest BCUT2D eigenvalue weighted by atomic mass is 16.7. The van der Waals surface area contributed by atoms with Gasteiger partial charge in [0.05, 0.1) is 56.4 Å². The first-order valence-corrected chi connectivity index (χ1v) is 38.9. The van der Waals surface area contributed by atoms with Gasteiger partial charge in [-0.3, -0.25) is 34.7 Å². The van der Waals surface area contributed by atoms with Crippen LogP contribution in [0.2, 0.25) is 0 Å². The van der Waals surface area contributed by atoms with Gasteiger partial charge in [0.2, 0.25) is 0 Å². The number of pyridine rings is 7. The van der Waals surface area contributed by atoms with Gasteiger partial charge in [-0.25, -0.2) is 14.4 Å². The second-order valence-electron chi connectivity index (χ2n) is 29.6. The molecule has 7 aromatic heterocycles. The molecular formula is C88H105BN8O17. The fourth-order valence-corrected chi connectivity index (χ4v) is 14.7. The maximum Gasteiger partial charge on any atom is 0.490 e. The molecule has 5 aliphatic heterocycles. The molecule has 0 amide bonds. The molecule has 7 aromatic rings. The minimum Gasteiger partial charge on any atom is -0.449 e. The molecule has 0 radical (unpaired) electrons. The number of esters is 3. The Hall–Kier alpha value is -11.1. The number of H-pyrrole nitrogens is 1. The number of hydrogen-bond donors (Lipinski definition) is 2. The Morgan fingerprint density at radius 2 is 0.886 bits per heavy atom. The lowest BCUT2D eigenvalue weighted by Crippen LogP contribution is -2.41. The number of allylic oxidation sites excluding steroid dienone is 6. The third-order valence-corrected chi connectivity index (χ3v) is 21.6. The van der Waals surface area contributed by atoms with E-state index in [-0.39, 0.29) is 72.0 Å². The van der Waals surface area contributed by atoms with Crippen LogP contribution in [-0.2, 0) is 78.7 Å². The lowest BCUT2D eigenvalue weighted by molar-refractivity contribution is -0.193. The number of aromatic nitrogens is 7. The van der Waals surface area contributed by atoms with Crippen molar-refractivity contribution in [2.75, 3.05) is 13.1 Å². The van der Waals surface area contributed by atoms with E-state index in [4.69, 9.17) is 61.9 Å². The number of hydrogen-bond acceptors (Lipinski definition) is 24. The van der Waals surface area contributed by atoms with E-state index in [9.17, 15) is 19.2 Å². The minimum atomic E-state index is -0.446. The van der Waals surface area contributed by atoms with Crippen LogP contribution in [0.25, 0.3) is 11.1 Å². The lowest BCUT2D eigenvalue weighted by Gasteiger charge is -2.37. The zero-order valence-electron chi connectivity index (χ0n) is 66.9. The van der Waals surface area contributed by atoms with Crippen LogP contribution in [0.1, 0.15) is 264 Å². The predicted molar refractivity (Wildman–Crippen MR) is 421 cm³/mol. The van der Waals surface area contributed by atoms with Crippen molar-refractivity contribution in [2.45, 2.75) is 238 Å². The van der Waals surface area contributed by atoms with Crippen molar-refractivity contribution in [3.63, 3.8) is 0 Å². The highest BCUT2D eigenvalue weighted by Gasteiger charge is 2.54. The Balaban J connectivity index is 0.000000200. The van der Waals surface area contributed by atoms with Crippen LogP contribution in [-0.4, -0.2) is 109 Å². The third-order valence-electron chi connectivity index (χ3n) is 21.6. The number of nitrogens with one attached hydrogen (secondary N) is 2. The van der Waals surface area contributed by atoms with E-state index < -0.39 is 11.2 Å². The molecule has 2 N–H and O–H groups in total. The number of carbonyl (C=O) groups excluding carboxylic acids is 11. The van der Waals surface area contributed by atoms with Crippen LogP contribution >= 0.6 is 0 Å². The molecule has 25 nitrogen and oxygen atoms in total. The van der Waals surface area contributed by atoms with Crippen LogP contribution in [0.4, 0.5) is 0 Å². The largest absolute Gasteiger partial charge is 0.490 e. The van der Waals surface area contributed by atoms with Crippen molar-refractivity contribution < 1.29 is 76.3 Å². The number of fused-ring (bicyclic) bond motifs is 6. The number of rotatable bonds is 3. The summed E-state index contributed by atoms with van der Waals surface area (Å²) in [5.74, 6) is -0.238. The van der Waals surface area contributed by atoms with Crippen LogP contribution < -0.4 is 10.9 Å². The highest BCUT2D eigenvalue weighted by Crippen LogP contribution is 2.50. The van der Waals surface area contributed by atoms with Crippen molar-refractivity contribution in [2.24, 2.45) is 5.92 Å². The molecule has 2 unspecified atom stereocenters. The summed E-state index contributed by atoms with van der Waals surface area (Å²) >= 11 is 0. The minimum absolute atomic E-state index is 0.00694. The fraction of sp³-hybridized carbons (Fsp3) is 0.455. The molecule has 2 saturated heterocycles. The zero-order valence-corrected chi connectivity index (χ0v) is 66.9. The van der Waals surface area contributed by atoms with Crippen LogP contribution in [0.15, 0.2) is 163 Å². The van der Waals surface area contributed by atoms with Gasteiger partial charge < -0.3 is 33.8 Å².